The lowest BCUT2D eigenvalue weighted by atomic mass is 9.73. The van der Waals surface area contributed by atoms with Gasteiger partial charge in [-0.15, -0.1) is 0 Å². The second-order valence-electron chi connectivity index (χ2n) is 10.7. The van der Waals surface area contributed by atoms with E-state index in [1.165, 1.54) is 4.90 Å². The van der Waals surface area contributed by atoms with E-state index in [1.807, 2.05) is 31.2 Å². The highest BCUT2D eigenvalue weighted by atomic mass is 16.5. The lowest BCUT2D eigenvalue weighted by molar-refractivity contribution is -0.156. The monoisotopic (exact) mass is 502 g/mol. The number of carbonyl (C=O) groups is 3. The van der Waals surface area contributed by atoms with Crippen LogP contribution in [0.25, 0.3) is 0 Å². The maximum absolute atomic E-state index is 14.2. The number of morpholine rings is 1. The third kappa shape index (κ3) is 3.72. The van der Waals surface area contributed by atoms with Crippen molar-refractivity contribution in [3.8, 4) is 0 Å². The fourth-order valence-corrected chi connectivity index (χ4v) is 6.72. The standard InChI is InChI=1S/C26H38N4O6/c1-4-25-7-5-9-27(3)22(32)19(25)20-23(33)30(18(2)17-31)21-24(34)29(10-6-8-26(20,21)36-25)12-11-28-13-15-35-16-14-28/h5-8,18-21,31H,4,9-17H2,1-3H3/t18-,19+,20+,21?,25-,26+/m1/s1. The van der Waals surface area contributed by atoms with Crippen molar-refractivity contribution >= 4 is 17.7 Å². The summed E-state index contributed by atoms with van der Waals surface area (Å²) in [5.41, 5.74) is -2.24. The number of amides is 3. The van der Waals surface area contributed by atoms with Crippen LogP contribution in [-0.2, 0) is 23.9 Å². The maximum atomic E-state index is 14.2. The summed E-state index contributed by atoms with van der Waals surface area (Å²) >= 11 is 0. The Kier molecular flexibility index (Phi) is 6.74. The van der Waals surface area contributed by atoms with Gasteiger partial charge in [-0.25, -0.2) is 0 Å². The first kappa shape index (κ1) is 25.4. The summed E-state index contributed by atoms with van der Waals surface area (Å²) in [5.74, 6) is -2.23. The molecule has 0 bridgehead atoms. The first-order chi connectivity index (χ1) is 17.3. The van der Waals surface area contributed by atoms with Gasteiger partial charge >= 0.3 is 0 Å². The molecule has 3 fully saturated rings. The predicted octanol–water partition coefficient (Wildman–Crippen LogP) is -0.513. The lowest BCUT2D eigenvalue weighted by Crippen LogP contribution is -2.59. The van der Waals surface area contributed by atoms with Crippen LogP contribution in [0, 0.1) is 11.8 Å². The molecule has 10 heteroatoms. The highest BCUT2D eigenvalue weighted by Gasteiger charge is 2.75. The molecule has 5 rings (SSSR count). The number of aliphatic hydroxyl groups is 1. The van der Waals surface area contributed by atoms with Gasteiger partial charge in [0.15, 0.2) is 0 Å². The van der Waals surface area contributed by atoms with Crippen molar-refractivity contribution in [1.82, 2.24) is 19.6 Å². The second-order valence-corrected chi connectivity index (χ2v) is 10.7. The molecule has 5 aliphatic rings. The summed E-state index contributed by atoms with van der Waals surface area (Å²) < 4.78 is 12.3. The second kappa shape index (κ2) is 9.55. The Morgan fingerprint density at radius 2 is 1.75 bits per heavy atom. The number of rotatable bonds is 6. The minimum atomic E-state index is -1.27. The van der Waals surface area contributed by atoms with Crippen LogP contribution in [0.3, 0.4) is 0 Å². The number of fused-ring (bicyclic) bond motifs is 2. The van der Waals surface area contributed by atoms with Gasteiger partial charge in [-0.1, -0.05) is 31.2 Å². The van der Waals surface area contributed by atoms with Gasteiger partial charge in [0, 0.05) is 46.3 Å². The van der Waals surface area contributed by atoms with Gasteiger partial charge in [-0.3, -0.25) is 19.3 Å². The van der Waals surface area contributed by atoms with E-state index >= 15 is 0 Å². The Morgan fingerprint density at radius 1 is 1.03 bits per heavy atom. The fraction of sp³-hybridized carbons (Fsp3) is 0.731. The molecule has 0 aromatic rings. The van der Waals surface area contributed by atoms with E-state index in [1.54, 1.807) is 23.8 Å². The number of likely N-dealkylation sites (N-methyl/N-ethyl adjacent to an activating group) is 1. The molecule has 0 aromatic carbocycles. The van der Waals surface area contributed by atoms with Gasteiger partial charge in [0.1, 0.15) is 11.6 Å². The van der Waals surface area contributed by atoms with Crippen molar-refractivity contribution < 1.29 is 29.0 Å². The van der Waals surface area contributed by atoms with Crippen molar-refractivity contribution in [2.75, 3.05) is 66.1 Å². The summed E-state index contributed by atoms with van der Waals surface area (Å²) in [7, 11) is 1.73. The van der Waals surface area contributed by atoms with Gasteiger partial charge in [0.2, 0.25) is 17.7 Å². The average Bonchev–Trinajstić information content (AvgIpc) is 3.20. The van der Waals surface area contributed by atoms with Gasteiger partial charge in [-0.2, -0.15) is 0 Å². The molecule has 0 radical (unpaired) electrons. The Hall–Kier alpha value is -2.27. The SMILES string of the molecule is CC[C@@]12C=CCN(C)C(=O)[C@@H]1[C@H]1C(=O)N([C@H](C)CO)C3C(=O)N(CCN4CCOCC4)CC=C[C@@]31O2. The molecule has 0 aliphatic carbocycles. The van der Waals surface area contributed by atoms with Gasteiger partial charge < -0.3 is 29.3 Å². The summed E-state index contributed by atoms with van der Waals surface area (Å²) in [6.45, 7) is 8.50. The van der Waals surface area contributed by atoms with Crippen LogP contribution in [0.1, 0.15) is 20.3 Å². The Bertz CT molecular complexity index is 964. The normalized spacial score (nSPS) is 37.6. The van der Waals surface area contributed by atoms with Crippen LogP contribution in [0.5, 0.6) is 0 Å². The minimum Gasteiger partial charge on any atom is -0.394 e. The number of aliphatic hydroxyl groups excluding tert-OH is 1. The largest absolute Gasteiger partial charge is 0.394 e. The van der Waals surface area contributed by atoms with E-state index < -0.39 is 35.1 Å². The molecule has 1 N–H and O–H groups in total. The summed E-state index contributed by atoms with van der Waals surface area (Å²) in [6, 6.07) is -1.53. The van der Waals surface area contributed by atoms with Crippen molar-refractivity contribution in [3.63, 3.8) is 0 Å². The van der Waals surface area contributed by atoms with Gasteiger partial charge in [0.25, 0.3) is 0 Å². The molecule has 3 amide bonds. The average molecular weight is 503 g/mol. The van der Waals surface area contributed by atoms with E-state index in [-0.39, 0.29) is 24.3 Å². The molecule has 5 heterocycles. The van der Waals surface area contributed by atoms with Gasteiger partial charge in [0.05, 0.1) is 43.3 Å². The number of likely N-dealkylation sites (tertiary alicyclic amines) is 1. The van der Waals surface area contributed by atoms with E-state index in [4.69, 9.17) is 9.47 Å². The molecular formula is C26H38N4O6. The van der Waals surface area contributed by atoms with Crippen LogP contribution < -0.4 is 0 Å². The van der Waals surface area contributed by atoms with Crippen LogP contribution in [0.4, 0.5) is 0 Å². The zero-order valence-electron chi connectivity index (χ0n) is 21.5. The molecule has 1 unspecified atom stereocenters. The lowest BCUT2D eigenvalue weighted by Gasteiger charge is -2.40. The number of hydrogen-bond donors (Lipinski definition) is 1. The third-order valence-electron chi connectivity index (χ3n) is 8.69. The molecule has 0 aromatic heterocycles. The fourth-order valence-electron chi connectivity index (χ4n) is 6.72. The Labute approximate surface area is 212 Å². The van der Waals surface area contributed by atoms with Crippen LogP contribution >= 0.6 is 0 Å². The molecule has 198 valence electrons. The quantitative estimate of drug-likeness (QED) is 0.488. The molecule has 5 aliphatic heterocycles. The summed E-state index contributed by atoms with van der Waals surface area (Å²) in [6.07, 6.45) is 8.13. The van der Waals surface area contributed by atoms with Crippen molar-refractivity contribution in [2.24, 2.45) is 11.8 Å². The van der Waals surface area contributed by atoms with E-state index in [0.29, 0.717) is 45.8 Å². The predicted molar refractivity (Wildman–Crippen MR) is 131 cm³/mol. The van der Waals surface area contributed by atoms with Gasteiger partial charge in [-0.05, 0) is 13.3 Å². The van der Waals surface area contributed by atoms with Crippen LogP contribution in [0.2, 0.25) is 0 Å². The molecular weight excluding hydrogens is 464 g/mol. The smallest absolute Gasteiger partial charge is 0.249 e. The molecule has 6 atom stereocenters. The van der Waals surface area contributed by atoms with Crippen molar-refractivity contribution in [1.29, 1.82) is 0 Å². The number of ether oxygens (including phenoxy) is 2. The number of nitrogens with zero attached hydrogens (tertiary/aromatic N) is 4. The summed E-state index contributed by atoms with van der Waals surface area (Å²) in [4.78, 5) is 49.1. The third-order valence-corrected chi connectivity index (χ3v) is 8.69. The molecule has 10 nitrogen and oxygen atoms in total. The van der Waals surface area contributed by atoms with Crippen LogP contribution in [-0.4, -0.2) is 132 Å². The Morgan fingerprint density at radius 3 is 2.44 bits per heavy atom. The van der Waals surface area contributed by atoms with Crippen molar-refractivity contribution in [3.05, 3.63) is 24.3 Å². The van der Waals surface area contributed by atoms with E-state index in [0.717, 1.165) is 13.1 Å². The topological polar surface area (TPSA) is 103 Å². The van der Waals surface area contributed by atoms with E-state index in [9.17, 15) is 19.5 Å². The Balaban J connectivity index is 1.54. The highest BCUT2D eigenvalue weighted by Crippen LogP contribution is 2.58. The van der Waals surface area contributed by atoms with Crippen LogP contribution in [0.15, 0.2) is 24.3 Å². The summed E-state index contributed by atoms with van der Waals surface area (Å²) in [5, 5.41) is 10.0. The zero-order chi connectivity index (χ0) is 25.7. The first-order valence-electron chi connectivity index (χ1n) is 13.1. The number of carbonyl (C=O) groups excluding carboxylic acids is 3. The molecule has 3 saturated heterocycles. The van der Waals surface area contributed by atoms with E-state index in [2.05, 4.69) is 4.90 Å². The molecule has 36 heavy (non-hydrogen) atoms. The first-order valence-corrected chi connectivity index (χ1v) is 13.1. The molecule has 0 saturated carbocycles. The highest BCUT2D eigenvalue weighted by molar-refractivity contribution is 6.00. The number of hydrogen-bond acceptors (Lipinski definition) is 7. The minimum absolute atomic E-state index is 0.149. The maximum Gasteiger partial charge on any atom is 0.249 e. The zero-order valence-corrected chi connectivity index (χ0v) is 21.5. The van der Waals surface area contributed by atoms with Crippen molar-refractivity contribution in [2.45, 2.75) is 43.6 Å². The molecule has 1 spiro atoms.